The lowest BCUT2D eigenvalue weighted by Gasteiger charge is -2.11. The number of alkyl halides is 2. The number of carbonyl (C=O) groups is 1. The fourth-order valence-electron chi connectivity index (χ4n) is 2.62. The summed E-state index contributed by atoms with van der Waals surface area (Å²) >= 11 is 1.38. The molecular weight excluding hydrogens is 402 g/mol. The smallest absolute Gasteiger partial charge is 0.387 e. The van der Waals surface area contributed by atoms with Gasteiger partial charge < -0.3 is 19.5 Å². The van der Waals surface area contributed by atoms with Crippen LogP contribution in [0.25, 0.3) is 10.6 Å². The summed E-state index contributed by atoms with van der Waals surface area (Å²) in [7, 11) is 3.11. The van der Waals surface area contributed by atoms with Gasteiger partial charge in [-0.15, -0.1) is 11.3 Å². The van der Waals surface area contributed by atoms with Crippen molar-refractivity contribution in [3.05, 3.63) is 53.5 Å². The highest BCUT2D eigenvalue weighted by Crippen LogP contribution is 2.33. The zero-order valence-corrected chi connectivity index (χ0v) is 16.5. The molecule has 1 heterocycles. The number of nitrogens with one attached hydrogen (secondary N) is 1. The first-order valence-electron chi connectivity index (χ1n) is 8.50. The Labute approximate surface area is 170 Å². The number of aromatic nitrogens is 1. The number of ether oxygens (including phenoxy) is 3. The Balaban J connectivity index is 1.70. The predicted molar refractivity (Wildman–Crippen MR) is 106 cm³/mol. The van der Waals surface area contributed by atoms with Crippen LogP contribution in [0.15, 0.2) is 47.8 Å². The number of benzene rings is 2. The number of hydrogen-bond donors (Lipinski definition) is 1. The molecule has 6 nitrogen and oxygen atoms in total. The molecule has 1 amide bonds. The maximum Gasteiger partial charge on any atom is 0.387 e. The molecule has 3 aromatic rings. The van der Waals surface area contributed by atoms with Gasteiger partial charge >= 0.3 is 6.61 Å². The average Bonchev–Trinajstić information content (AvgIpc) is 3.16. The number of methoxy groups -OCH3 is 2. The van der Waals surface area contributed by atoms with Crippen LogP contribution in [0.3, 0.4) is 0 Å². The topological polar surface area (TPSA) is 69.7 Å². The summed E-state index contributed by atoms with van der Waals surface area (Å²) < 4.78 is 39.9. The van der Waals surface area contributed by atoms with E-state index in [-0.39, 0.29) is 23.8 Å². The van der Waals surface area contributed by atoms with Crippen LogP contribution in [0.4, 0.5) is 14.5 Å². The minimum atomic E-state index is -2.98. The van der Waals surface area contributed by atoms with E-state index in [9.17, 15) is 13.6 Å². The highest BCUT2D eigenvalue weighted by molar-refractivity contribution is 7.13. The molecule has 0 saturated heterocycles. The molecule has 0 spiro atoms. The van der Waals surface area contributed by atoms with Crippen LogP contribution < -0.4 is 19.5 Å². The third-order valence-corrected chi connectivity index (χ3v) is 4.84. The maximum absolute atomic E-state index is 12.5. The van der Waals surface area contributed by atoms with E-state index in [4.69, 9.17) is 9.47 Å². The van der Waals surface area contributed by atoms with Gasteiger partial charge in [0.1, 0.15) is 10.8 Å². The molecule has 0 bridgehead atoms. The summed E-state index contributed by atoms with van der Waals surface area (Å²) in [5.74, 6) is 0.701. The van der Waals surface area contributed by atoms with Crippen LogP contribution >= 0.6 is 11.3 Å². The van der Waals surface area contributed by atoms with Gasteiger partial charge in [0.15, 0.2) is 11.5 Å². The Hall–Kier alpha value is -3.20. The molecule has 0 unspecified atom stereocenters. The molecule has 3 rings (SSSR count). The fourth-order valence-corrected chi connectivity index (χ4v) is 3.43. The van der Waals surface area contributed by atoms with Crippen molar-refractivity contribution in [3.8, 4) is 27.8 Å². The number of para-hydroxylation sites is 2. The molecule has 0 aliphatic rings. The first-order chi connectivity index (χ1) is 14.0. The second kappa shape index (κ2) is 9.33. The zero-order chi connectivity index (χ0) is 20.8. The van der Waals surface area contributed by atoms with Crippen molar-refractivity contribution in [1.29, 1.82) is 0 Å². The molecule has 0 atom stereocenters. The quantitative estimate of drug-likeness (QED) is 0.576. The highest BCUT2D eigenvalue weighted by Gasteiger charge is 2.14. The van der Waals surface area contributed by atoms with E-state index in [1.54, 1.807) is 43.9 Å². The third kappa shape index (κ3) is 5.20. The Morgan fingerprint density at radius 1 is 1.10 bits per heavy atom. The second-order valence-corrected chi connectivity index (χ2v) is 6.67. The van der Waals surface area contributed by atoms with E-state index < -0.39 is 6.61 Å². The van der Waals surface area contributed by atoms with E-state index >= 15 is 0 Å². The Morgan fingerprint density at radius 2 is 1.86 bits per heavy atom. The summed E-state index contributed by atoms with van der Waals surface area (Å²) in [5.41, 5.74) is 1.56. The largest absolute Gasteiger partial charge is 0.493 e. The Morgan fingerprint density at radius 3 is 2.59 bits per heavy atom. The lowest BCUT2D eigenvalue weighted by atomic mass is 10.2. The highest BCUT2D eigenvalue weighted by atomic mass is 32.1. The summed E-state index contributed by atoms with van der Waals surface area (Å²) in [6, 6.07) is 11.4. The molecule has 0 radical (unpaired) electrons. The molecule has 152 valence electrons. The molecule has 29 heavy (non-hydrogen) atoms. The molecule has 0 aliphatic heterocycles. The van der Waals surface area contributed by atoms with Crippen molar-refractivity contribution in [3.63, 3.8) is 0 Å². The van der Waals surface area contributed by atoms with Crippen molar-refractivity contribution >= 4 is 22.9 Å². The van der Waals surface area contributed by atoms with Gasteiger partial charge in [0.25, 0.3) is 0 Å². The molecule has 0 fully saturated rings. The first-order valence-corrected chi connectivity index (χ1v) is 9.38. The van der Waals surface area contributed by atoms with Crippen LogP contribution in [0.1, 0.15) is 5.69 Å². The van der Waals surface area contributed by atoms with Gasteiger partial charge in [-0.1, -0.05) is 12.1 Å². The van der Waals surface area contributed by atoms with E-state index in [1.807, 2.05) is 6.07 Å². The lowest BCUT2D eigenvalue weighted by molar-refractivity contribution is -0.115. The van der Waals surface area contributed by atoms with Crippen molar-refractivity contribution < 1.29 is 27.8 Å². The summed E-state index contributed by atoms with van der Waals surface area (Å²) in [5, 5.41) is 5.07. The summed E-state index contributed by atoms with van der Waals surface area (Å²) in [4.78, 5) is 16.8. The van der Waals surface area contributed by atoms with E-state index in [0.29, 0.717) is 17.2 Å². The monoisotopic (exact) mass is 420 g/mol. The molecule has 1 N–H and O–H groups in total. The van der Waals surface area contributed by atoms with Gasteiger partial charge in [-0.2, -0.15) is 8.78 Å². The van der Waals surface area contributed by atoms with Crippen LogP contribution in [0, 0.1) is 0 Å². The van der Waals surface area contributed by atoms with Crippen molar-refractivity contribution in [2.24, 2.45) is 0 Å². The van der Waals surface area contributed by atoms with Gasteiger partial charge in [-0.05, 0) is 30.3 Å². The number of rotatable bonds is 8. The van der Waals surface area contributed by atoms with Gasteiger partial charge in [0.2, 0.25) is 5.91 Å². The van der Waals surface area contributed by atoms with E-state index in [1.165, 1.54) is 23.5 Å². The number of hydrogen-bond acceptors (Lipinski definition) is 6. The Kier molecular flexibility index (Phi) is 6.61. The third-order valence-electron chi connectivity index (χ3n) is 3.90. The fraction of sp³-hybridized carbons (Fsp3) is 0.200. The van der Waals surface area contributed by atoms with Crippen molar-refractivity contribution in [2.45, 2.75) is 13.0 Å². The van der Waals surface area contributed by atoms with Gasteiger partial charge in [-0.25, -0.2) is 4.98 Å². The van der Waals surface area contributed by atoms with Gasteiger partial charge in [0, 0.05) is 10.9 Å². The van der Waals surface area contributed by atoms with Crippen molar-refractivity contribution in [2.75, 3.05) is 19.5 Å². The van der Waals surface area contributed by atoms with Crippen LogP contribution in [-0.4, -0.2) is 31.7 Å². The number of thiazole rings is 1. The summed E-state index contributed by atoms with van der Waals surface area (Å²) in [6.07, 6.45) is -0.00714. The lowest BCUT2D eigenvalue weighted by Crippen LogP contribution is -2.16. The van der Waals surface area contributed by atoms with Crippen LogP contribution in [0.2, 0.25) is 0 Å². The standard InChI is InChI=1S/C20H18F2N2O4S/c1-26-16-8-7-12(9-17(16)27-2)19-23-13(11-29-19)10-18(25)24-14-5-3-4-6-15(14)28-20(21)22/h3-9,11,20H,10H2,1-2H3,(H,24,25). The van der Waals surface area contributed by atoms with Gasteiger partial charge in [0.05, 0.1) is 32.0 Å². The molecule has 9 heteroatoms. The number of halogens is 2. The Bertz CT molecular complexity index is 994. The number of amides is 1. The number of anilines is 1. The average molecular weight is 420 g/mol. The number of carbonyl (C=O) groups excluding carboxylic acids is 1. The molecule has 2 aromatic carbocycles. The summed E-state index contributed by atoms with van der Waals surface area (Å²) in [6.45, 7) is -2.98. The first kappa shape index (κ1) is 20.5. The van der Waals surface area contributed by atoms with Crippen molar-refractivity contribution in [1.82, 2.24) is 4.98 Å². The molecule has 1 aromatic heterocycles. The second-order valence-electron chi connectivity index (χ2n) is 5.81. The molecule has 0 saturated carbocycles. The van der Waals surface area contributed by atoms with E-state index in [2.05, 4.69) is 15.0 Å². The minimum Gasteiger partial charge on any atom is -0.493 e. The zero-order valence-electron chi connectivity index (χ0n) is 15.6. The molecular formula is C20H18F2N2O4S. The van der Waals surface area contributed by atoms with Crippen LogP contribution in [-0.2, 0) is 11.2 Å². The van der Waals surface area contributed by atoms with Crippen LogP contribution in [0.5, 0.6) is 17.2 Å². The molecule has 0 aliphatic carbocycles. The normalized spacial score (nSPS) is 10.7. The maximum atomic E-state index is 12.5. The minimum absolute atomic E-state index is 0.00714. The van der Waals surface area contributed by atoms with Gasteiger partial charge in [-0.3, -0.25) is 4.79 Å². The predicted octanol–water partition coefficient (Wildman–Crippen LogP) is 4.61. The van der Waals surface area contributed by atoms with E-state index in [0.717, 1.165) is 10.6 Å². The number of nitrogens with zero attached hydrogens (tertiary/aromatic N) is 1. The SMILES string of the molecule is COc1ccc(-c2nc(CC(=O)Nc3ccccc3OC(F)F)cs2)cc1OC.